The van der Waals surface area contributed by atoms with Crippen LogP contribution in [0.15, 0.2) is 48.5 Å². The molecule has 3 rings (SSSR count). The Morgan fingerprint density at radius 3 is 2.38 bits per heavy atom. The first kappa shape index (κ1) is 18.5. The minimum absolute atomic E-state index is 0.287. The number of rotatable bonds is 5. The van der Waals surface area contributed by atoms with Crippen molar-refractivity contribution >= 4 is 11.7 Å². The number of hydrogen-bond acceptors (Lipinski definition) is 4. The van der Waals surface area contributed by atoms with Gasteiger partial charge in [-0.3, -0.25) is 0 Å². The van der Waals surface area contributed by atoms with E-state index in [1.807, 2.05) is 36.4 Å². The maximum atomic E-state index is 11.7. The van der Waals surface area contributed by atoms with Crippen LogP contribution in [0.3, 0.4) is 0 Å². The Labute approximate surface area is 155 Å². The van der Waals surface area contributed by atoms with Crippen LogP contribution >= 0.6 is 0 Å². The topological polar surface area (TPSA) is 49.8 Å². The monoisotopic (exact) mass is 353 g/mol. The van der Waals surface area contributed by atoms with Crippen LogP contribution in [0.4, 0.5) is 5.69 Å². The Morgan fingerprint density at radius 1 is 1.12 bits per heavy atom. The number of ether oxygens (including phenoxy) is 1. The molecule has 1 fully saturated rings. The van der Waals surface area contributed by atoms with Crippen molar-refractivity contribution < 1.29 is 14.6 Å². The number of aliphatic hydroxyl groups is 1. The molecule has 4 nitrogen and oxygen atoms in total. The third-order valence-electron chi connectivity index (χ3n) is 5.22. The molecule has 138 valence electrons. The summed E-state index contributed by atoms with van der Waals surface area (Å²) >= 11 is 0. The number of piperidine rings is 1. The molecule has 2 aromatic carbocycles. The van der Waals surface area contributed by atoms with E-state index in [1.165, 1.54) is 11.1 Å². The fraction of sp³-hybridized carbons (Fsp3) is 0.409. The molecular weight excluding hydrogens is 326 g/mol. The van der Waals surface area contributed by atoms with Crippen LogP contribution in [0, 0.1) is 6.92 Å². The maximum Gasteiger partial charge on any atom is 0.338 e. The van der Waals surface area contributed by atoms with Gasteiger partial charge in [0.1, 0.15) is 0 Å². The van der Waals surface area contributed by atoms with E-state index >= 15 is 0 Å². The van der Waals surface area contributed by atoms with Gasteiger partial charge in [-0.05, 0) is 62.1 Å². The van der Waals surface area contributed by atoms with Crippen molar-refractivity contribution in [3.8, 4) is 0 Å². The minimum Gasteiger partial charge on any atom is -0.462 e. The molecular formula is C22H27NO3. The second-order valence-electron chi connectivity index (χ2n) is 7.08. The number of esters is 1. The summed E-state index contributed by atoms with van der Waals surface area (Å²) in [6.45, 7) is 5.89. The van der Waals surface area contributed by atoms with E-state index in [2.05, 4.69) is 24.0 Å². The molecule has 0 aliphatic carbocycles. The summed E-state index contributed by atoms with van der Waals surface area (Å²) in [6, 6.07) is 15.8. The van der Waals surface area contributed by atoms with Gasteiger partial charge in [0.05, 0.1) is 17.8 Å². The van der Waals surface area contributed by atoms with Crippen molar-refractivity contribution in [3.63, 3.8) is 0 Å². The predicted octanol–water partition coefficient (Wildman–Crippen LogP) is 3.75. The van der Waals surface area contributed by atoms with Gasteiger partial charge in [0.2, 0.25) is 0 Å². The molecule has 0 aromatic heterocycles. The minimum atomic E-state index is -0.645. The number of carbonyl (C=O) groups excluding carboxylic acids is 1. The van der Waals surface area contributed by atoms with Crippen LogP contribution in [-0.2, 0) is 11.2 Å². The maximum absolute atomic E-state index is 11.7. The van der Waals surface area contributed by atoms with Crippen molar-refractivity contribution in [2.45, 2.75) is 38.7 Å². The lowest BCUT2D eigenvalue weighted by atomic mass is 9.84. The van der Waals surface area contributed by atoms with Crippen LogP contribution < -0.4 is 4.90 Å². The van der Waals surface area contributed by atoms with Crippen molar-refractivity contribution in [2.24, 2.45) is 0 Å². The number of anilines is 1. The zero-order chi connectivity index (χ0) is 18.6. The summed E-state index contributed by atoms with van der Waals surface area (Å²) in [4.78, 5) is 14.0. The van der Waals surface area contributed by atoms with Crippen LogP contribution in [0.5, 0.6) is 0 Å². The summed E-state index contributed by atoms with van der Waals surface area (Å²) in [7, 11) is 0. The standard InChI is InChI=1S/C22H27NO3/c1-3-26-21(24)18-8-10-20(11-9-18)23-14-12-22(25,13-15-23)16-19-7-5-4-6-17(19)2/h4-11,25H,3,12-16H2,1-2H3. The molecule has 0 bridgehead atoms. The lowest BCUT2D eigenvalue weighted by Crippen LogP contribution is -2.45. The highest BCUT2D eigenvalue weighted by Crippen LogP contribution is 2.30. The normalized spacial score (nSPS) is 16.3. The zero-order valence-corrected chi connectivity index (χ0v) is 15.6. The van der Waals surface area contributed by atoms with E-state index in [0.29, 0.717) is 18.6 Å². The van der Waals surface area contributed by atoms with Gasteiger partial charge >= 0.3 is 5.97 Å². The number of nitrogens with zero attached hydrogens (tertiary/aromatic N) is 1. The van der Waals surface area contributed by atoms with Crippen molar-refractivity contribution in [2.75, 3.05) is 24.6 Å². The molecule has 1 saturated heterocycles. The second kappa shape index (κ2) is 7.92. The third kappa shape index (κ3) is 4.25. The van der Waals surface area contributed by atoms with E-state index in [1.54, 1.807) is 6.92 Å². The van der Waals surface area contributed by atoms with Crippen LogP contribution in [0.2, 0.25) is 0 Å². The average Bonchev–Trinajstić information content (AvgIpc) is 2.65. The Hall–Kier alpha value is -2.33. The van der Waals surface area contributed by atoms with Crippen LogP contribution in [-0.4, -0.2) is 36.4 Å². The molecule has 1 aliphatic rings. The molecule has 0 amide bonds. The first-order valence-electron chi connectivity index (χ1n) is 9.30. The average molecular weight is 353 g/mol. The molecule has 0 unspecified atom stereocenters. The van der Waals surface area contributed by atoms with E-state index in [-0.39, 0.29) is 5.97 Å². The molecule has 0 spiro atoms. The zero-order valence-electron chi connectivity index (χ0n) is 15.6. The van der Waals surface area contributed by atoms with Gasteiger partial charge in [0.25, 0.3) is 0 Å². The van der Waals surface area contributed by atoms with E-state index in [0.717, 1.165) is 31.6 Å². The summed E-state index contributed by atoms with van der Waals surface area (Å²) in [5.41, 5.74) is 3.47. The second-order valence-corrected chi connectivity index (χ2v) is 7.08. The van der Waals surface area contributed by atoms with Gasteiger partial charge in [0, 0.05) is 25.2 Å². The molecule has 4 heteroatoms. The predicted molar refractivity (Wildman–Crippen MR) is 104 cm³/mol. The van der Waals surface area contributed by atoms with Gasteiger partial charge in [-0.1, -0.05) is 24.3 Å². The van der Waals surface area contributed by atoms with E-state index in [4.69, 9.17) is 4.74 Å². The Balaban J connectivity index is 1.61. The third-order valence-corrected chi connectivity index (χ3v) is 5.22. The Morgan fingerprint density at radius 2 is 1.77 bits per heavy atom. The summed E-state index contributed by atoms with van der Waals surface area (Å²) in [6.07, 6.45) is 2.18. The van der Waals surface area contributed by atoms with Gasteiger partial charge in [-0.2, -0.15) is 0 Å². The number of benzene rings is 2. The lowest BCUT2D eigenvalue weighted by Gasteiger charge is -2.39. The van der Waals surface area contributed by atoms with Crippen molar-refractivity contribution in [1.29, 1.82) is 0 Å². The molecule has 1 heterocycles. The lowest BCUT2D eigenvalue weighted by molar-refractivity contribution is 0.0164. The largest absolute Gasteiger partial charge is 0.462 e. The Bertz CT molecular complexity index is 746. The SMILES string of the molecule is CCOC(=O)c1ccc(N2CCC(O)(Cc3ccccc3C)CC2)cc1. The fourth-order valence-electron chi connectivity index (χ4n) is 3.54. The van der Waals surface area contributed by atoms with Gasteiger partial charge in [-0.25, -0.2) is 4.79 Å². The summed E-state index contributed by atoms with van der Waals surface area (Å²) in [5, 5.41) is 11.0. The molecule has 26 heavy (non-hydrogen) atoms. The molecule has 0 radical (unpaired) electrons. The molecule has 0 saturated carbocycles. The van der Waals surface area contributed by atoms with Gasteiger partial charge in [-0.15, -0.1) is 0 Å². The quantitative estimate of drug-likeness (QED) is 0.832. The van der Waals surface area contributed by atoms with Crippen molar-refractivity contribution in [3.05, 3.63) is 65.2 Å². The number of aryl methyl sites for hydroxylation is 1. The van der Waals surface area contributed by atoms with E-state index < -0.39 is 5.60 Å². The Kier molecular flexibility index (Phi) is 5.62. The highest BCUT2D eigenvalue weighted by Gasteiger charge is 2.32. The summed E-state index contributed by atoms with van der Waals surface area (Å²) in [5.74, 6) is -0.287. The highest BCUT2D eigenvalue weighted by atomic mass is 16.5. The summed E-state index contributed by atoms with van der Waals surface area (Å²) < 4.78 is 5.02. The highest BCUT2D eigenvalue weighted by molar-refractivity contribution is 5.89. The molecule has 0 atom stereocenters. The van der Waals surface area contributed by atoms with Gasteiger partial charge in [0.15, 0.2) is 0 Å². The molecule has 1 aliphatic heterocycles. The first-order valence-corrected chi connectivity index (χ1v) is 9.30. The first-order chi connectivity index (χ1) is 12.5. The molecule has 1 N–H and O–H groups in total. The molecule has 2 aromatic rings. The fourth-order valence-corrected chi connectivity index (χ4v) is 3.54. The smallest absolute Gasteiger partial charge is 0.338 e. The van der Waals surface area contributed by atoms with Crippen LogP contribution in [0.25, 0.3) is 0 Å². The van der Waals surface area contributed by atoms with Crippen LogP contribution in [0.1, 0.15) is 41.3 Å². The van der Waals surface area contributed by atoms with Gasteiger partial charge < -0.3 is 14.7 Å². The van der Waals surface area contributed by atoms with E-state index in [9.17, 15) is 9.90 Å². The number of carbonyl (C=O) groups is 1. The number of hydrogen-bond donors (Lipinski definition) is 1. The van der Waals surface area contributed by atoms with Crippen molar-refractivity contribution in [1.82, 2.24) is 0 Å².